The van der Waals surface area contributed by atoms with Crippen molar-refractivity contribution in [2.24, 2.45) is 5.73 Å². The molecule has 0 atom stereocenters. The van der Waals surface area contributed by atoms with E-state index < -0.39 is 11.7 Å². The molecule has 3 N–H and O–H groups in total. The first kappa shape index (κ1) is 18.3. The van der Waals surface area contributed by atoms with Crippen LogP contribution in [0.2, 0.25) is 0 Å². The Hall–Kier alpha value is -2.54. The third kappa shape index (κ3) is 4.54. The standard InChI is InChI=1S/C12H13FN2S.C7H6FNO/c13-8-5-6-10-11(7-8)16-12(15-10)14-9-3-1-2-4-9;8-6-4-2-1-3-5(6)7(9)10/h5-7,9H,1-4H2,(H,14,15);1-4H,(H2,9,10). The molecule has 1 aliphatic carbocycles. The number of rotatable bonds is 3. The summed E-state index contributed by atoms with van der Waals surface area (Å²) in [7, 11) is 0. The summed E-state index contributed by atoms with van der Waals surface area (Å²) in [4.78, 5) is 14.9. The van der Waals surface area contributed by atoms with E-state index >= 15 is 0 Å². The van der Waals surface area contributed by atoms with Crippen LogP contribution in [-0.2, 0) is 0 Å². The highest BCUT2D eigenvalue weighted by molar-refractivity contribution is 7.22. The highest BCUT2D eigenvalue weighted by Gasteiger charge is 2.16. The first-order chi connectivity index (χ1) is 12.5. The Balaban J connectivity index is 0.000000170. The zero-order valence-electron chi connectivity index (χ0n) is 14.0. The first-order valence-corrected chi connectivity index (χ1v) is 9.21. The molecule has 3 aromatic rings. The number of anilines is 1. The molecule has 1 aromatic heterocycles. The van der Waals surface area contributed by atoms with Crippen molar-refractivity contribution in [1.82, 2.24) is 4.98 Å². The second-order valence-electron chi connectivity index (χ2n) is 6.10. The highest BCUT2D eigenvalue weighted by atomic mass is 32.1. The van der Waals surface area contributed by atoms with Gasteiger partial charge in [0.1, 0.15) is 11.6 Å². The van der Waals surface area contributed by atoms with Crippen molar-refractivity contribution in [1.29, 1.82) is 0 Å². The van der Waals surface area contributed by atoms with E-state index in [1.54, 1.807) is 18.2 Å². The maximum absolute atomic E-state index is 13.0. The van der Waals surface area contributed by atoms with E-state index in [0.29, 0.717) is 6.04 Å². The number of amides is 1. The molecule has 0 spiro atoms. The number of halogens is 2. The Morgan fingerprint density at radius 3 is 2.54 bits per heavy atom. The van der Waals surface area contributed by atoms with Crippen LogP contribution >= 0.6 is 11.3 Å². The fourth-order valence-electron chi connectivity index (χ4n) is 2.87. The van der Waals surface area contributed by atoms with Crippen LogP contribution in [0, 0.1) is 11.6 Å². The average molecular weight is 375 g/mol. The molecule has 0 radical (unpaired) electrons. The lowest BCUT2D eigenvalue weighted by atomic mass is 10.2. The predicted molar refractivity (Wildman–Crippen MR) is 100 cm³/mol. The monoisotopic (exact) mass is 375 g/mol. The number of primary amides is 1. The molecule has 1 amide bonds. The highest BCUT2D eigenvalue weighted by Crippen LogP contribution is 2.29. The van der Waals surface area contributed by atoms with Crippen molar-refractivity contribution >= 4 is 32.6 Å². The molecule has 26 heavy (non-hydrogen) atoms. The van der Waals surface area contributed by atoms with E-state index in [9.17, 15) is 13.6 Å². The predicted octanol–water partition coefficient (Wildman–Crippen LogP) is 4.71. The topological polar surface area (TPSA) is 68.0 Å². The third-order valence-electron chi connectivity index (χ3n) is 4.17. The number of aromatic nitrogens is 1. The Bertz CT molecular complexity index is 907. The lowest BCUT2D eigenvalue weighted by molar-refractivity contribution is 0.0996. The Kier molecular flexibility index (Phi) is 5.78. The smallest absolute Gasteiger partial charge is 0.251 e. The van der Waals surface area contributed by atoms with Gasteiger partial charge >= 0.3 is 0 Å². The Morgan fingerprint density at radius 1 is 1.15 bits per heavy atom. The van der Waals surface area contributed by atoms with Gasteiger partial charge < -0.3 is 11.1 Å². The number of fused-ring (bicyclic) bond motifs is 1. The van der Waals surface area contributed by atoms with Gasteiger partial charge in [-0.15, -0.1) is 0 Å². The number of hydrogen-bond donors (Lipinski definition) is 2. The van der Waals surface area contributed by atoms with E-state index in [4.69, 9.17) is 5.73 Å². The maximum Gasteiger partial charge on any atom is 0.251 e. The van der Waals surface area contributed by atoms with Gasteiger partial charge in [-0.3, -0.25) is 4.79 Å². The van der Waals surface area contributed by atoms with Crippen molar-refractivity contribution in [2.45, 2.75) is 31.7 Å². The van der Waals surface area contributed by atoms with Crippen LogP contribution in [0.3, 0.4) is 0 Å². The number of carbonyl (C=O) groups is 1. The SMILES string of the molecule is Fc1ccc2nc(NC3CCCC3)sc2c1.NC(=O)c1ccccc1F. The molecule has 0 saturated heterocycles. The van der Waals surface area contributed by atoms with Gasteiger partial charge in [0, 0.05) is 6.04 Å². The van der Waals surface area contributed by atoms with Gasteiger partial charge in [-0.1, -0.05) is 36.3 Å². The summed E-state index contributed by atoms with van der Waals surface area (Å²) in [5.74, 6) is -1.50. The van der Waals surface area contributed by atoms with Gasteiger partial charge in [0.25, 0.3) is 5.91 Å². The van der Waals surface area contributed by atoms with Crippen LogP contribution < -0.4 is 11.1 Å². The summed E-state index contributed by atoms with van der Waals surface area (Å²) in [6.45, 7) is 0. The molecule has 7 heteroatoms. The van der Waals surface area contributed by atoms with E-state index in [2.05, 4.69) is 10.3 Å². The summed E-state index contributed by atoms with van der Waals surface area (Å²) < 4.78 is 26.5. The maximum atomic E-state index is 13.0. The second-order valence-corrected chi connectivity index (χ2v) is 7.13. The summed E-state index contributed by atoms with van der Waals surface area (Å²) in [5.41, 5.74) is 5.65. The molecule has 1 heterocycles. The number of nitrogens with zero attached hydrogens (tertiary/aromatic N) is 1. The molecule has 4 rings (SSSR count). The minimum atomic E-state index is -0.738. The Morgan fingerprint density at radius 2 is 1.88 bits per heavy atom. The fraction of sp³-hybridized carbons (Fsp3) is 0.263. The number of hydrogen-bond acceptors (Lipinski definition) is 4. The van der Waals surface area contributed by atoms with Crippen molar-refractivity contribution < 1.29 is 13.6 Å². The number of thiazole rings is 1. The van der Waals surface area contributed by atoms with Crippen molar-refractivity contribution in [2.75, 3.05) is 5.32 Å². The van der Waals surface area contributed by atoms with Crippen molar-refractivity contribution in [3.63, 3.8) is 0 Å². The number of nitrogens with one attached hydrogen (secondary N) is 1. The molecule has 0 unspecified atom stereocenters. The normalized spacial score (nSPS) is 14.1. The fourth-order valence-corrected chi connectivity index (χ4v) is 3.83. The number of nitrogens with two attached hydrogens (primary N) is 1. The van der Waals surface area contributed by atoms with E-state index in [1.807, 2.05) is 0 Å². The largest absolute Gasteiger partial charge is 0.366 e. The average Bonchev–Trinajstić information content (AvgIpc) is 3.24. The molecule has 136 valence electrons. The third-order valence-corrected chi connectivity index (χ3v) is 5.12. The summed E-state index contributed by atoms with van der Waals surface area (Å²) in [6, 6.07) is 10.9. The summed E-state index contributed by atoms with van der Waals surface area (Å²) >= 11 is 1.54. The molecule has 2 aromatic carbocycles. The molecular formula is C19H19F2N3OS. The van der Waals surface area contributed by atoms with Crippen LogP contribution in [0.1, 0.15) is 36.0 Å². The molecule has 0 bridgehead atoms. The lowest BCUT2D eigenvalue weighted by Gasteiger charge is -2.09. The quantitative estimate of drug-likeness (QED) is 0.696. The van der Waals surface area contributed by atoms with Gasteiger partial charge in [0.15, 0.2) is 5.13 Å². The van der Waals surface area contributed by atoms with Crippen LogP contribution in [0.15, 0.2) is 42.5 Å². The van der Waals surface area contributed by atoms with E-state index in [-0.39, 0.29) is 11.4 Å². The molecule has 0 aliphatic heterocycles. The van der Waals surface area contributed by atoms with Gasteiger partial charge in [-0.25, -0.2) is 13.8 Å². The van der Waals surface area contributed by atoms with E-state index in [1.165, 1.54) is 61.3 Å². The van der Waals surface area contributed by atoms with Gasteiger partial charge in [-0.2, -0.15) is 0 Å². The van der Waals surface area contributed by atoms with Crippen LogP contribution in [-0.4, -0.2) is 16.9 Å². The Labute approximate surface area is 154 Å². The van der Waals surface area contributed by atoms with Gasteiger partial charge in [0.2, 0.25) is 0 Å². The van der Waals surface area contributed by atoms with E-state index in [0.717, 1.165) is 15.3 Å². The van der Waals surface area contributed by atoms with Crippen LogP contribution in [0.25, 0.3) is 10.2 Å². The van der Waals surface area contributed by atoms with Gasteiger partial charge in [0.05, 0.1) is 15.8 Å². The summed E-state index contributed by atoms with van der Waals surface area (Å²) in [5, 5.41) is 4.36. The zero-order valence-corrected chi connectivity index (χ0v) is 14.9. The van der Waals surface area contributed by atoms with Crippen LogP contribution in [0.5, 0.6) is 0 Å². The number of benzene rings is 2. The molecular weight excluding hydrogens is 356 g/mol. The molecule has 1 saturated carbocycles. The molecule has 1 aliphatic rings. The molecule has 1 fully saturated rings. The minimum Gasteiger partial charge on any atom is -0.366 e. The molecule has 4 nitrogen and oxygen atoms in total. The van der Waals surface area contributed by atoms with Crippen molar-refractivity contribution in [3.05, 3.63) is 59.7 Å². The van der Waals surface area contributed by atoms with Crippen molar-refractivity contribution in [3.8, 4) is 0 Å². The number of carbonyl (C=O) groups excluding carboxylic acids is 1. The first-order valence-electron chi connectivity index (χ1n) is 8.40. The summed E-state index contributed by atoms with van der Waals surface area (Å²) in [6.07, 6.45) is 5.06. The lowest BCUT2D eigenvalue weighted by Crippen LogP contribution is -2.13. The van der Waals surface area contributed by atoms with Gasteiger partial charge in [-0.05, 0) is 43.2 Å². The second kappa shape index (κ2) is 8.23. The zero-order chi connectivity index (χ0) is 18.5. The minimum absolute atomic E-state index is 0.0671. The van der Waals surface area contributed by atoms with Crippen LogP contribution in [0.4, 0.5) is 13.9 Å².